The summed E-state index contributed by atoms with van der Waals surface area (Å²) >= 11 is 0. The third-order valence-corrected chi connectivity index (χ3v) is 3.97. The van der Waals surface area contributed by atoms with Gasteiger partial charge in [0, 0.05) is 24.4 Å². The first-order chi connectivity index (χ1) is 9.42. The third kappa shape index (κ3) is 2.97. The molecule has 20 heavy (non-hydrogen) atoms. The van der Waals surface area contributed by atoms with Crippen molar-refractivity contribution in [3.8, 4) is 0 Å². The molecular formula is C12H14N4O3S. The molecule has 1 aromatic heterocycles. The van der Waals surface area contributed by atoms with Crippen LogP contribution in [0.3, 0.4) is 0 Å². The van der Waals surface area contributed by atoms with Crippen LogP contribution in [0.1, 0.15) is 16.1 Å². The van der Waals surface area contributed by atoms with Crippen molar-refractivity contribution in [2.75, 3.05) is 11.8 Å². The molecule has 2 aromatic rings. The van der Waals surface area contributed by atoms with Crippen molar-refractivity contribution in [2.45, 2.75) is 11.8 Å². The monoisotopic (exact) mass is 294 g/mol. The van der Waals surface area contributed by atoms with Gasteiger partial charge in [0.1, 0.15) is 0 Å². The third-order valence-electron chi connectivity index (χ3n) is 2.60. The van der Waals surface area contributed by atoms with Gasteiger partial charge in [0.05, 0.1) is 4.90 Å². The van der Waals surface area contributed by atoms with E-state index in [0.717, 1.165) is 5.69 Å². The summed E-state index contributed by atoms with van der Waals surface area (Å²) < 4.78 is 26.5. The maximum Gasteiger partial charge on any atom is 0.263 e. The van der Waals surface area contributed by atoms with E-state index in [1.165, 1.54) is 31.3 Å². The highest BCUT2D eigenvalue weighted by Gasteiger charge is 2.16. The Morgan fingerprint density at radius 2 is 1.90 bits per heavy atom. The largest absolute Gasteiger partial charge is 0.355 e. The lowest BCUT2D eigenvalue weighted by Gasteiger charge is -2.06. The molecule has 1 heterocycles. The van der Waals surface area contributed by atoms with Gasteiger partial charge in [-0.15, -0.1) is 0 Å². The summed E-state index contributed by atoms with van der Waals surface area (Å²) in [4.78, 5) is 11.4. The van der Waals surface area contributed by atoms with Crippen molar-refractivity contribution in [1.29, 1.82) is 0 Å². The minimum Gasteiger partial charge on any atom is -0.355 e. The second-order valence-electron chi connectivity index (χ2n) is 4.15. The highest BCUT2D eigenvalue weighted by Crippen LogP contribution is 2.15. The second-order valence-corrected chi connectivity index (χ2v) is 5.83. The van der Waals surface area contributed by atoms with Crippen LogP contribution in [0.4, 0.5) is 5.82 Å². The van der Waals surface area contributed by atoms with Crippen LogP contribution in [0.5, 0.6) is 0 Å². The molecule has 0 saturated heterocycles. The van der Waals surface area contributed by atoms with Crippen molar-refractivity contribution >= 4 is 21.7 Å². The number of rotatable bonds is 4. The van der Waals surface area contributed by atoms with Gasteiger partial charge < -0.3 is 5.32 Å². The van der Waals surface area contributed by atoms with E-state index in [1.807, 2.05) is 0 Å². The average Bonchev–Trinajstić information content (AvgIpc) is 2.82. The predicted octanol–water partition coefficient (Wildman–Crippen LogP) is 0.879. The summed E-state index contributed by atoms with van der Waals surface area (Å²) in [5.74, 6) is -0.0530. The maximum absolute atomic E-state index is 12.1. The Labute approximate surface area is 116 Å². The van der Waals surface area contributed by atoms with Crippen LogP contribution in [0.2, 0.25) is 0 Å². The molecule has 0 atom stereocenters. The summed E-state index contributed by atoms with van der Waals surface area (Å²) in [5.41, 5.74) is 1.14. The number of carbonyl (C=O) groups excluding carboxylic acids is 1. The van der Waals surface area contributed by atoms with Crippen molar-refractivity contribution < 1.29 is 13.2 Å². The lowest BCUT2D eigenvalue weighted by Crippen LogP contribution is -2.18. The van der Waals surface area contributed by atoms with Gasteiger partial charge in [-0.1, -0.05) is 0 Å². The van der Waals surface area contributed by atoms with Gasteiger partial charge in [0.15, 0.2) is 5.82 Å². The summed E-state index contributed by atoms with van der Waals surface area (Å²) in [6, 6.07) is 7.21. The average molecular weight is 294 g/mol. The summed E-state index contributed by atoms with van der Waals surface area (Å²) in [6.07, 6.45) is 0. The maximum atomic E-state index is 12.1. The predicted molar refractivity (Wildman–Crippen MR) is 74.0 cm³/mol. The number of hydrogen-bond acceptors (Lipinski definition) is 4. The fraction of sp³-hybridized carbons (Fsp3) is 0.167. The Morgan fingerprint density at radius 3 is 2.40 bits per heavy atom. The first-order valence-electron chi connectivity index (χ1n) is 5.79. The van der Waals surface area contributed by atoms with E-state index in [0.29, 0.717) is 5.56 Å². The Balaban J connectivity index is 2.23. The zero-order valence-corrected chi connectivity index (χ0v) is 11.8. The van der Waals surface area contributed by atoms with Gasteiger partial charge in [-0.3, -0.25) is 14.6 Å². The van der Waals surface area contributed by atoms with Crippen LogP contribution in [0, 0.1) is 6.92 Å². The first-order valence-corrected chi connectivity index (χ1v) is 7.27. The number of benzene rings is 1. The van der Waals surface area contributed by atoms with Gasteiger partial charge in [-0.2, -0.15) is 5.10 Å². The molecule has 1 amide bonds. The standard InChI is InChI=1S/C12H14N4O3S/c1-8-7-11(15-14-8)16-20(18,19)10-5-3-9(4-6-10)12(17)13-2/h3-7H,1-2H3,(H,13,17)(H2,14,15,16). The Kier molecular flexibility index (Phi) is 3.75. The molecule has 8 heteroatoms. The highest BCUT2D eigenvalue weighted by atomic mass is 32.2. The molecule has 3 N–H and O–H groups in total. The van der Waals surface area contributed by atoms with E-state index in [4.69, 9.17) is 0 Å². The summed E-state index contributed by atoms with van der Waals surface area (Å²) in [6.45, 7) is 1.77. The van der Waals surface area contributed by atoms with E-state index in [2.05, 4.69) is 20.2 Å². The summed E-state index contributed by atoms with van der Waals surface area (Å²) in [7, 11) is -2.21. The normalized spacial score (nSPS) is 11.1. The zero-order valence-electron chi connectivity index (χ0n) is 11.0. The Bertz CT molecular complexity index is 719. The molecule has 0 spiro atoms. The number of hydrogen-bond donors (Lipinski definition) is 3. The zero-order chi connectivity index (χ0) is 14.8. The molecule has 0 fully saturated rings. The minimum atomic E-state index is -3.71. The molecule has 0 aliphatic heterocycles. The number of aromatic amines is 1. The van der Waals surface area contributed by atoms with Crippen LogP contribution < -0.4 is 10.0 Å². The molecule has 1 aromatic carbocycles. The van der Waals surface area contributed by atoms with E-state index in [-0.39, 0.29) is 16.6 Å². The van der Waals surface area contributed by atoms with Crippen LogP contribution in [-0.2, 0) is 10.0 Å². The van der Waals surface area contributed by atoms with Crippen LogP contribution >= 0.6 is 0 Å². The SMILES string of the molecule is CNC(=O)c1ccc(S(=O)(=O)Nc2cc(C)[nH]n2)cc1. The Hall–Kier alpha value is -2.35. The molecule has 0 aliphatic carbocycles. The van der Waals surface area contributed by atoms with E-state index >= 15 is 0 Å². The molecule has 0 radical (unpaired) electrons. The van der Waals surface area contributed by atoms with Gasteiger partial charge >= 0.3 is 0 Å². The van der Waals surface area contributed by atoms with Crippen molar-refractivity contribution in [1.82, 2.24) is 15.5 Å². The number of aryl methyl sites for hydroxylation is 1. The number of anilines is 1. The van der Waals surface area contributed by atoms with Crippen LogP contribution in [0.15, 0.2) is 35.2 Å². The van der Waals surface area contributed by atoms with Crippen LogP contribution in [0.25, 0.3) is 0 Å². The molecule has 0 saturated carbocycles. The number of nitrogens with one attached hydrogen (secondary N) is 3. The Morgan fingerprint density at radius 1 is 1.25 bits per heavy atom. The van der Waals surface area contributed by atoms with Crippen molar-refractivity contribution in [2.24, 2.45) is 0 Å². The summed E-state index contributed by atoms with van der Waals surface area (Å²) in [5, 5.41) is 8.91. The number of carbonyl (C=O) groups is 1. The van der Waals surface area contributed by atoms with Gasteiger partial charge in [-0.05, 0) is 31.2 Å². The molecule has 2 rings (SSSR count). The smallest absolute Gasteiger partial charge is 0.263 e. The molecule has 0 bridgehead atoms. The van der Waals surface area contributed by atoms with E-state index < -0.39 is 10.0 Å². The minimum absolute atomic E-state index is 0.0609. The molecule has 0 aliphatic rings. The quantitative estimate of drug-likeness (QED) is 0.778. The lowest BCUT2D eigenvalue weighted by atomic mass is 10.2. The number of sulfonamides is 1. The fourth-order valence-corrected chi connectivity index (χ4v) is 2.59. The highest BCUT2D eigenvalue weighted by molar-refractivity contribution is 7.92. The molecule has 106 valence electrons. The number of H-pyrrole nitrogens is 1. The molecule has 7 nitrogen and oxygen atoms in total. The topological polar surface area (TPSA) is 104 Å². The number of aromatic nitrogens is 2. The first kappa shape index (κ1) is 14.1. The van der Waals surface area contributed by atoms with Gasteiger partial charge in [0.2, 0.25) is 0 Å². The van der Waals surface area contributed by atoms with Gasteiger partial charge in [0.25, 0.3) is 15.9 Å². The fourth-order valence-electron chi connectivity index (χ4n) is 1.60. The van der Waals surface area contributed by atoms with E-state index in [9.17, 15) is 13.2 Å². The van der Waals surface area contributed by atoms with Crippen LogP contribution in [-0.4, -0.2) is 31.6 Å². The molecule has 0 unspecified atom stereocenters. The van der Waals surface area contributed by atoms with Crippen molar-refractivity contribution in [3.63, 3.8) is 0 Å². The molecular weight excluding hydrogens is 280 g/mol. The second kappa shape index (κ2) is 5.33. The number of nitrogens with zero attached hydrogens (tertiary/aromatic N) is 1. The lowest BCUT2D eigenvalue weighted by molar-refractivity contribution is 0.0963. The number of amides is 1. The van der Waals surface area contributed by atoms with Gasteiger partial charge in [-0.25, -0.2) is 8.42 Å². The van der Waals surface area contributed by atoms with E-state index in [1.54, 1.807) is 13.0 Å². The van der Waals surface area contributed by atoms with Crippen molar-refractivity contribution in [3.05, 3.63) is 41.6 Å².